The summed E-state index contributed by atoms with van der Waals surface area (Å²) in [5, 5.41) is 0. The van der Waals surface area contributed by atoms with Gasteiger partial charge in [-0.3, -0.25) is 0 Å². The molecule has 0 bridgehead atoms. The van der Waals surface area contributed by atoms with Crippen molar-refractivity contribution in [3.63, 3.8) is 0 Å². The molecule has 0 fully saturated rings. The summed E-state index contributed by atoms with van der Waals surface area (Å²) in [5.41, 5.74) is 10.9. The van der Waals surface area contributed by atoms with Crippen molar-refractivity contribution < 1.29 is 0 Å². The summed E-state index contributed by atoms with van der Waals surface area (Å²) in [6.07, 6.45) is 19.3. The largest absolute Gasteiger partial charge is 0.330 e. The van der Waals surface area contributed by atoms with E-state index in [1.54, 1.807) is 0 Å². The van der Waals surface area contributed by atoms with Gasteiger partial charge in [0, 0.05) is 0 Å². The molecule has 0 amide bonds. The van der Waals surface area contributed by atoms with Crippen molar-refractivity contribution in [2.75, 3.05) is 13.1 Å². The molecule has 0 unspecified atom stereocenters. The Morgan fingerprint density at radius 2 is 0.444 bits per heavy atom. The third-order valence-electron chi connectivity index (χ3n) is 3.66. The van der Waals surface area contributed by atoms with Gasteiger partial charge in [-0.2, -0.15) is 0 Å². The van der Waals surface area contributed by atoms with Crippen molar-refractivity contribution in [3.05, 3.63) is 0 Å². The normalized spacial score (nSPS) is 11.0. The van der Waals surface area contributed by atoms with Gasteiger partial charge in [0.25, 0.3) is 0 Å². The van der Waals surface area contributed by atoms with Crippen molar-refractivity contribution in [3.8, 4) is 0 Å². The third-order valence-corrected chi connectivity index (χ3v) is 3.66. The lowest BCUT2D eigenvalue weighted by molar-refractivity contribution is 0.534. The molecule has 0 spiro atoms. The fourth-order valence-electron chi connectivity index (χ4n) is 2.41. The second kappa shape index (κ2) is 16.9. The highest BCUT2D eigenvalue weighted by atomic mass is 14.5. The standard InChI is InChI=1S/C16H36N2/c17-15-13-11-9-7-5-3-1-2-4-6-8-10-12-14-16-18/h1-18H2. The van der Waals surface area contributed by atoms with Crippen molar-refractivity contribution in [1.82, 2.24) is 0 Å². The zero-order chi connectivity index (χ0) is 13.3. The molecule has 0 aromatic heterocycles. The first-order chi connectivity index (χ1) is 8.91. The molecule has 4 N–H and O–H groups in total. The lowest BCUT2D eigenvalue weighted by Crippen LogP contribution is -1.97. The maximum absolute atomic E-state index is 5.47. The fraction of sp³-hybridized carbons (Fsp3) is 1.00. The van der Waals surface area contributed by atoms with Crippen LogP contribution in [0.25, 0.3) is 0 Å². The maximum atomic E-state index is 5.47. The average Bonchev–Trinajstić information content (AvgIpc) is 2.39. The highest BCUT2D eigenvalue weighted by Crippen LogP contribution is 2.12. The third kappa shape index (κ3) is 15.9. The molecule has 0 saturated heterocycles. The molecule has 18 heavy (non-hydrogen) atoms. The molecule has 110 valence electrons. The van der Waals surface area contributed by atoms with E-state index in [0.717, 1.165) is 13.1 Å². The smallest absolute Gasteiger partial charge is 0.00773 e. The van der Waals surface area contributed by atoms with Gasteiger partial charge in [-0.15, -0.1) is 0 Å². The van der Waals surface area contributed by atoms with Crippen LogP contribution in [-0.4, -0.2) is 13.1 Å². The molecule has 0 aromatic rings. The molecule has 0 aromatic carbocycles. The monoisotopic (exact) mass is 256 g/mol. The van der Waals surface area contributed by atoms with Gasteiger partial charge in [-0.05, 0) is 25.9 Å². The van der Waals surface area contributed by atoms with Crippen LogP contribution in [0.5, 0.6) is 0 Å². The molecule has 0 rings (SSSR count). The van der Waals surface area contributed by atoms with E-state index < -0.39 is 0 Å². The van der Waals surface area contributed by atoms with E-state index in [-0.39, 0.29) is 0 Å². The summed E-state index contributed by atoms with van der Waals surface area (Å²) in [4.78, 5) is 0. The van der Waals surface area contributed by atoms with Crippen LogP contribution >= 0.6 is 0 Å². The summed E-state index contributed by atoms with van der Waals surface area (Å²) in [6, 6.07) is 0. The van der Waals surface area contributed by atoms with E-state index in [0.29, 0.717) is 0 Å². The minimum Gasteiger partial charge on any atom is -0.330 e. The molecule has 0 radical (unpaired) electrons. The van der Waals surface area contributed by atoms with Gasteiger partial charge in [0.05, 0.1) is 0 Å². The molecule has 0 atom stereocenters. The number of nitrogens with two attached hydrogens (primary N) is 2. The molecule has 2 nitrogen and oxygen atoms in total. The first kappa shape index (κ1) is 17.9. The SMILES string of the molecule is NCCCCCCCCCCCCCCCCN. The van der Waals surface area contributed by atoms with E-state index in [2.05, 4.69) is 0 Å². The van der Waals surface area contributed by atoms with E-state index in [9.17, 15) is 0 Å². The Labute approximate surface area is 115 Å². The summed E-state index contributed by atoms with van der Waals surface area (Å²) < 4.78 is 0. The molecule has 2 heteroatoms. The molecule has 0 aliphatic carbocycles. The van der Waals surface area contributed by atoms with Gasteiger partial charge in [0.1, 0.15) is 0 Å². The second-order valence-corrected chi connectivity index (χ2v) is 5.53. The van der Waals surface area contributed by atoms with Crippen molar-refractivity contribution in [1.29, 1.82) is 0 Å². The predicted molar refractivity (Wildman–Crippen MR) is 82.7 cm³/mol. The minimum atomic E-state index is 0.866. The summed E-state index contributed by atoms with van der Waals surface area (Å²) >= 11 is 0. The number of hydrogen-bond acceptors (Lipinski definition) is 2. The minimum absolute atomic E-state index is 0.866. The summed E-state index contributed by atoms with van der Waals surface area (Å²) in [7, 11) is 0. The van der Waals surface area contributed by atoms with Crippen molar-refractivity contribution >= 4 is 0 Å². The first-order valence-corrected chi connectivity index (χ1v) is 8.32. The Hall–Kier alpha value is -0.0800. The Kier molecular flexibility index (Phi) is 16.8. The first-order valence-electron chi connectivity index (χ1n) is 8.32. The average molecular weight is 256 g/mol. The van der Waals surface area contributed by atoms with Crippen LogP contribution in [0.1, 0.15) is 89.9 Å². The van der Waals surface area contributed by atoms with Gasteiger partial charge < -0.3 is 11.5 Å². The van der Waals surface area contributed by atoms with Gasteiger partial charge in [0.15, 0.2) is 0 Å². The van der Waals surface area contributed by atoms with Gasteiger partial charge >= 0.3 is 0 Å². The van der Waals surface area contributed by atoms with E-state index in [1.807, 2.05) is 0 Å². The highest BCUT2D eigenvalue weighted by molar-refractivity contribution is 4.49. The van der Waals surface area contributed by atoms with Crippen molar-refractivity contribution in [2.45, 2.75) is 89.9 Å². The fourth-order valence-corrected chi connectivity index (χ4v) is 2.41. The van der Waals surface area contributed by atoms with E-state index >= 15 is 0 Å². The van der Waals surface area contributed by atoms with Crippen LogP contribution in [0.15, 0.2) is 0 Å². The zero-order valence-corrected chi connectivity index (χ0v) is 12.5. The quantitative estimate of drug-likeness (QED) is 0.428. The van der Waals surface area contributed by atoms with Crippen LogP contribution in [0.2, 0.25) is 0 Å². The Bertz CT molecular complexity index is 121. The van der Waals surface area contributed by atoms with Gasteiger partial charge in [-0.25, -0.2) is 0 Å². The maximum Gasteiger partial charge on any atom is -0.00773 e. The number of rotatable bonds is 15. The molecular formula is C16H36N2. The summed E-state index contributed by atoms with van der Waals surface area (Å²) in [6.45, 7) is 1.73. The van der Waals surface area contributed by atoms with Crippen LogP contribution in [0.3, 0.4) is 0 Å². The van der Waals surface area contributed by atoms with Crippen molar-refractivity contribution in [2.24, 2.45) is 11.5 Å². The molecule has 0 aliphatic heterocycles. The van der Waals surface area contributed by atoms with E-state index in [4.69, 9.17) is 11.5 Å². The highest BCUT2D eigenvalue weighted by Gasteiger charge is 1.93. The zero-order valence-electron chi connectivity index (χ0n) is 12.5. The van der Waals surface area contributed by atoms with Gasteiger partial charge in [-0.1, -0.05) is 77.0 Å². The number of hydrogen-bond donors (Lipinski definition) is 2. The van der Waals surface area contributed by atoms with Crippen LogP contribution in [0.4, 0.5) is 0 Å². The molecule has 0 aliphatic rings. The van der Waals surface area contributed by atoms with E-state index in [1.165, 1.54) is 89.9 Å². The topological polar surface area (TPSA) is 52.0 Å². The summed E-state index contributed by atoms with van der Waals surface area (Å²) in [5.74, 6) is 0. The van der Waals surface area contributed by atoms with Gasteiger partial charge in [0.2, 0.25) is 0 Å². The molecule has 0 saturated carbocycles. The molecular weight excluding hydrogens is 220 g/mol. The van der Waals surface area contributed by atoms with Crippen LogP contribution in [0, 0.1) is 0 Å². The number of unbranched alkanes of at least 4 members (excludes halogenated alkanes) is 13. The van der Waals surface area contributed by atoms with Crippen LogP contribution in [-0.2, 0) is 0 Å². The Balaban J connectivity index is 2.86. The lowest BCUT2D eigenvalue weighted by Gasteiger charge is -2.03. The Morgan fingerprint density at radius 1 is 0.278 bits per heavy atom. The second-order valence-electron chi connectivity index (χ2n) is 5.53. The Morgan fingerprint density at radius 3 is 0.611 bits per heavy atom. The predicted octanol–water partition coefficient (Wildman–Crippen LogP) is 4.37. The van der Waals surface area contributed by atoms with Crippen LogP contribution < -0.4 is 11.5 Å². The molecule has 0 heterocycles. The lowest BCUT2D eigenvalue weighted by atomic mass is 10.0.